The number of hydrogen-bond acceptors (Lipinski definition) is 3. The lowest BCUT2D eigenvalue weighted by Gasteiger charge is -2.24. The highest BCUT2D eigenvalue weighted by Gasteiger charge is 2.27. The van der Waals surface area contributed by atoms with Crippen LogP contribution in [0.2, 0.25) is 0 Å². The minimum atomic E-state index is 0.0813. The predicted molar refractivity (Wildman–Crippen MR) is 75.2 cm³/mol. The molecular formula is C15H22N2O2. The van der Waals surface area contributed by atoms with Crippen LogP contribution in [-0.4, -0.2) is 37.6 Å². The number of nitrogens with one attached hydrogen (secondary N) is 1. The monoisotopic (exact) mass is 262 g/mol. The number of likely N-dealkylation sites (N-methyl/N-ethyl adjacent to an activating group) is 1. The molecule has 0 bridgehead atoms. The third kappa shape index (κ3) is 3.47. The van der Waals surface area contributed by atoms with Crippen molar-refractivity contribution >= 4 is 5.91 Å². The number of carbonyl (C=O) groups excluding carboxylic acids is 1. The highest BCUT2D eigenvalue weighted by Crippen LogP contribution is 2.32. The maximum absolute atomic E-state index is 11.5. The molecule has 1 aromatic rings. The van der Waals surface area contributed by atoms with Crippen molar-refractivity contribution in [3.8, 4) is 5.75 Å². The van der Waals surface area contributed by atoms with E-state index in [2.05, 4.69) is 22.3 Å². The van der Waals surface area contributed by atoms with Gasteiger partial charge in [-0.3, -0.25) is 9.69 Å². The molecule has 1 saturated heterocycles. The van der Waals surface area contributed by atoms with Gasteiger partial charge in [0.25, 0.3) is 0 Å². The third-order valence-corrected chi connectivity index (χ3v) is 3.57. The van der Waals surface area contributed by atoms with Gasteiger partial charge in [0.15, 0.2) is 0 Å². The second-order valence-electron chi connectivity index (χ2n) is 4.80. The number of nitrogens with zero attached hydrogens (tertiary/aromatic N) is 1. The summed E-state index contributed by atoms with van der Waals surface area (Å²) in [5.74, 6) is 0.986. The molecule has 1 amide bonds. The van der Waals surface area contributed by atoms with Crippen molar-refractivity contribution in [2.75, 3.05) is 26.7 Å². The first kappa shape index (κ1) is 13.9. The van der Waals surface area contributed by atoms with E-state index >= 15 is 0 Å². The highest BCUT2D eigenvalue weighted by molar-refractivity contribution is 5.77. The lowest BCUT2D eigenvalue weighted by molar-refractivity contribution is -0.122. The van der Waals surface area contributed by atoms with Crippen LogP contribution in [0, 0.1) is 0 Å². The van der Waals surface area contributed by atoms with Crippen molar-refractivity contribution in [3.63, 3.8) is 0 Å². The fourth-order valence-electron chi connectivity index (χ4n) is 2.61. The molecule has 1 unspecified atom stereocenters. The Bertz CT molecular complexity index is 417. The number of amides is 1. The lowest BCUT2D eigenvalue weighted by Crippen LogP contribution is -2.35. The summed E-state index contributed by atoms with van der Waals surface area (Å²) >= 11 is 0. The fraction of sp³-hybridized carbons (Fsp3) is 0.533. The molecule has 0 aromatic heterocycles. The van der Waals surface area contributed by atoms with Crippen LogP contribution >= 0.6 is 0 Å². The molecule has 0 spiro atoms. The minimum absolute atomic E-state index is 0.0813. The molecule has 4 nitrogen and oxygen atoms in total. The Balaban J connectivity index is 2.04. The van der Waals surface area contributed by atoms with Gasteiger partial charge in [0.1, 0.15) is 5.75 Å². The summed E-state index contributed by atoms with van der Waals surface area (Å²) < 4.78 is 5.45. The molecule has 1 aromatic carbocycles. The highest BCUT2D eigenvalue weighted by atomic mass is 16.5. The van der Waals surface area contributed by atoms with E-state index in [9.17, 15) is 4.79 Å². The molecule has 1 heterocycles. The first-order valence-corrected chi connectivity index (χ1v) is 6.92. The number of hydrogen-bond donors (Lipinski definition) is 1. The van der Waals surface area contributed by atoms with E-state index in [1.807, 2.05) is 19.1 Å². The van der Waals surface area contributed by atoms with Crippen LogP contribution in [0.4, 0.5) is 0 Å². The van der Waals surface area contributed by atoms with Gasteiger partial charge >= 0.3 is 0 Å². The molecule has 0 radical (unpaired) electrons. The van der Waals surface area contributed by atoms with E-state index in [1.54, 1.807) is 7.05 Å². The third-order valence-electron chi connectivity index (χ3n) is 3.57. The largest absolute Gasteiger partial charge is 0.494 e. The Labute approximate surface area is 114 Å². The number of carbonyl (C=O) groups is 1. The average molecular weight is 262 g/mol. The van der Waals surface area contributed by atoms with Crippen LogP contribution < -0.4 is 10.1 Å². The van der Waals surface area contributed by atoms with E-state index in [4.69, 9.17) is 4.74 Å². The average Bonchev–Trinajstić information content (AvgIpc) is 2.88. The maximum atomic E-state index is 11.5. The van der Waals surface area contributed by atoms with Gasteiger partial charge in [-0.05, 0) is 44.0 Å². The molecule has 104 valence electrons. The molecule has 1 N–H and O–H groups in total. The van der Waals surface area contributed by atoms with Crippen LogP contribution in [0.3, 0.4) is 0 Å². The molecule has 19 heavy (non-hydrogen) atoms. The van der Waals surface area contributed by atoms with Crippen molar-refractivity contribution in [3.05, 3.63) is 29.8 Å². The smallest absolute Gasteiger partial charge is 0.233 e. The standard InChI is InChI=1S/C15H22N2O2/c1-3-19-13-8-6-12(7-9-13)14-5-4-10-17(14)11-15(18)16-2/h6-9,14H,3-5,10-11H2,1-2H3,(H,16,18). The first-order chi connectivity index (χ1) is 9.24. The number of benzene rings is 1. The Morgan fingerprint density at radius 1 is 1.42 bits per heavy atom. The van der Waals surface area contributed by atoms with Crippen molar-refractivity contribution in [1.82, 2.24) is 10.2 Å². The van der Waals surface area contributed by atoms with Crippen LogP contribution in [-0.2, 0) is 4.79 Å². The van der Waals surface area contributed by atoms with Crippen molar-refractivity contribution in [2.24, 2.45) is 0 Å². The van der Waals surface area contributed by atoms with Gasteiger partial charge in [-0.2, -0.15) is 0 Å². The molecule has 1 fully saturated rings. The lowest BCUT2D eigenvalue weighted by atomic mass is 10.0. The Kier molecular flexibility index (Phi) is 4.80. The summed E-state index contributed by atoms with van der Waals surface area (Å²) in [6, 6.07) is 8.59. The summed E-state index contributed by atoms with van der Waals surface area (Å²) in [4.78, 5) is 13.8. The second-order valence-corrected chi connectivity index (χ2v) is 4.80. The summed E-state index contributed by atoms with van der Waals surface area (Å²) in [5, 5.41) is 2.69. The predicted octanol–water partition coefficient (Wildman–Crippen LogP) is 1.97. The Morgan fingerprint density at radius 2 is 2.16 bits per heavy atom. The van der Waals surface area contributed by atoms with E-state index < -0.39 is 0 Å². The Morgan fingerprint density at radius 3 is 2.79 bits per heavy atom. The van der Waals surface area contributed by atoms with Gasteiger partial charge in [0, 0.05) is 13.1 Å². The molecule has 4 heteroatoms. The van der Waals surface area contributed by atoms with Gasteiger partial charge in [-0.25, -0.2) is 0 Å². The van der Waals surface area contributed by atoms with Crippen LogP contribution in [0.5, 0.6) is 5.75 Å². The zero-order chi connectivity index (χ0) is 13.7. The molecule has 1 atom stereocenters. The van der Waals surface area contributed by atoms with Gasteiger partial charge in [0.2, 0.25) is 5.91 Å². The quantitative estimate of drug-likeness (QED) is 0.882. The van der Waals surface area contributed by atoms with E-state index in [1.165, 1.54) is 5.56 Å². The van der Waals surface area contributed by atoms with Crippen LogP contribution in [0.1, 0.15) is 31.4 Å². The van der Waals surface area contributed by atoms with Gasteiger partial charge < -0.3 is 10.1 Å². The Hall–Kier alpha value is -1.55. The molecule has 0 saturated carbocycles. The van der Waals surface area contributed by atoms with Crippen LogP contribution in [0.15, 0.2) is 24.3 Å². The topological polar surface area (TPSA) is 41.6 Å². The fourth-order valence-corrected chi connectivity index (χ4v) is 2.61. The van der Waals surface area contributed by atoms with E-state index in [-0.39, 0.29) is 5.91 Å². The summed E-state index contributed by atoms with van der Waals surface area (Å²) in [6.07, 6.45) is 2.26. The molecule has 1 aliphatic rings. The minimum Gasteiger partial charge on any atom is -0.494 e. The van der Waals surface area contributed by atoms with Gasteiger partial charge in [0.05, 0.1) is 13.2 Å². The molecule has 1 aliphatic heterocycles. The second kappa shape index (κ2) is 6.57. The van der Waals surface area contributed by atoms with Crippen molar-refractivity contribution in [2.45, 2.75) is 25.8 Å². The maximum Gasteiger partial charge on any atom is 0.233 e. The summed E-state index contributed by atoms with van der Waals surface area (Å²) in [7, 11) is 1.68. The van der Waals surface area contributed by atoms with E-state index in [0.29, 0.717) is 19.2 Å². The van der Waals surface area contributed by atoms with Crippen LogP contribution in [0.25, 0.3) is 0 Å². The number of rotatable bonds is 5. The van der Waals surface area contributed by atoms with Gasteiger partial charge in [-0.15, -0.1) is 0 Å². The first-order valence-electron chi connectivity index (χ1n) is 6.92. The molecule has 0 aliphatic carbocycles. The number of ether oxygens (including phenoxy) is 1. The number of likely N-dealkylation sites (tertiary alicyclic amines) is 1. The SMILES string of the molecule is CCOc1ccc(C2CCCN2CC(=O)NC)cc1. The zero-order valence-electron chi connectivity index (χ0n) is 11.7. The van der Waals surface area contributed by atoms with Crippen molar-refractivity contribution in [1.29, 1.82) is 0 Å². The normalized spacial score (nSPS) is 19.4. The summed E-state index contributed by atoms with van der Waals surface area (Å²) in [5.41, 5.74) is 1.27. The molecular weight excluding hydrogens is 240 g/mol. The van der Waals surface area contributed by atoms with Gasteiger partial charge in [-0.1, -0.05) is 12.1 Å². The molecule has 2 rings (SSSR count). The van der Waals surface area contributed by atoms with E-state index in [0.717, 1.165) is 25.1 Å². The van der Waals surface area contributed by atoms with Crippen molar-refractivity contribution < 1.29 is 9.53 Å². The zero-order valence-corrected chi connectivity index (χ0v) is 11.7. The summed E-state index contributed by atoms with van der Waals surface area (Å²) in [6.45, 7) is 4.14.